The van der Waals surface area contributed by atoms with Crippen LogP contribution in [0.2, 0.25) is 0 Å². The van der Waals surface area contributed by atoms with Crippen LogP contribution in [0.5, 0.6) is 0 Å². The van der Waals surface area contributed by atoms with Crippen molar-refractivity contribution in [3.63, 3.8) is 0 Å². The van der Waals surface area contributed by atoms with Crippen molar-refractivity contribution in [2.75, 3.05) is 19.6 Å². The predicted molar refractivity (Wildman–Crippen MR) is 108 cm³/mol. The molecule has 1 saturated heterocycles. The third-order valence-electron chi connectivity index (χ3n) is 6.30. The number of ketones is 2. The normalized spacial score (nSPS) is 19.2. The number of Topliss-reactive ketones (excluding diaryl/α,β-unsaturated/α-hetero) is 2. The van der Waals surface area contributed by atoms with Crippen LogP contribution in [0.4, 0.5) is 0 Å². The number of hydrogen-bond donors (Lipinski definition) is 2. The van der Waals surface area contributed by atoms with Gasteiger partial charge < -0.3 is 10.1 Å². The van der Waals surface area contributed by atoms with Crippen molar-refractivity contribution in [2.24, 2.45) is 5.41 Å². The summed E-state index contributed by atoms with van der Waals surface area (Å²) in [6, 6.07) is 3.89. The average Bonchev–Trinajstić information content (AvgIpc) is 2.64. The highest BCUT2D eigenvalue weighted by molar-refractivity contribution is 6.10. The molecule has 0 unspecified atom stereocenters. The third kappa shape index (κ3) is 4.26. The van der Waals surface area contributed by atoms with E-state index in [-0.39, 0.29) is 29.4 Å². The van der Waals surface area contributed by atoms with Crippen LogP contribution in [-0.2, 0) is 14.4 Å². The molecule has 0 bridgehead atoms. The van der Waals surface area contributed by atoms with Crippen LogP contribution in [0.15, 0.2) is 12.1 Å². The summed E-state index contributed by atoms with van der Waals surface area (Å²) in [5.41, 5.74) is 5.14. The van der Waals surface area contributed by atoms with E-state index in [1.165, 1.54) is 0 Å². The molecule has 0 atom stereocenters. The summed E-state index contributed by atoms with van der Waals surface area (Å²) >= 11 is 0. The zero-order valence-electron chi connectivity index (χ0n) is 17.3. The van der Waals surface area contributed by atoms with Gasteiger partial charge in [-0.25, -0.2) is 0 Å². The highest BCUT2D eigenvalue weighted by Crippen LogP contribution is 2.46. The summed E-state index contributed by atoms with van der Waals surface area (Å²) < 4.78 is 0. The molecule has 1 heterocycles. The molecule has 1 aliphatic carbocycles. The van der Waals surface area contributed by atoms with Gasteiger partial charge in [0.15, 0.2) is 0 Å². The topological polar surface area (TPSA) is 86.7 Å². The molecule has 1 spiro atoms. The molecule has 2 N–H and O–H groups in total. The van der Waals surface area contributed by atoms with Gasteiger partial charge in [0.05, 0.1) is 6.54 Å². The fourth-order valence-corrected chi connectivity index (χ4v) is 4.92. The number of hydroxylamine groups is 1. The Bertz CT molecular complexity index is 858. The second kappa shape index (κ2) is 8.48. The predicted octanol–water partition coefficient (Wildman–Crippen LogP) is 2.28. The molecule has 1 aromatic carbocycles. The molecule has 154 valence electrons. The Morgan fingerprint density at radius 3 is 2.21 bits per heavy atom. The molecule has 1 aliphatic heterocycles. The highest BCUT2D eigenvalue weighted by Gasteiger charge is 2.47. The summed E-state index contributed by atoms with van der Waals surface area (Å²) in [6.45, 7) is 6.55. The number of rotatable bonds is 3. The first-order chi connectivity index (χ1) is 13.8. The smallest absolute Gasteiger partial charge is 0.238 e. The van der Waals surface area contributed by atoms with E-state index in [4.69, 9.17) is 5.21 Å². The molecule has 0 aromatic heterocycles. The first kappa shape index (κ1) is 21.2. The largest absolute Gasteiger partial charge is 0.341 e. The molecule has 2 fully saturated rings. The summed E-state index contributed by atoms with van der Waals surface area (Å²) in [6.07, 6.45) is 2.02. The zero-order valence-corrected chi connectivity index (χ0v) is 17.3. The van der Waals surface area contributed by atoms with Crippen LogP contribution in [-0.4, -0.2) is 47.2 Å². The summed E-state index contributed by atoms with van der Waals surface area (Å²) in [4.78, 5) is 39.9. The lowest BCUT2D eigenvalue weighted by Gasteiger charge is -2.44. The van der Waals surface area contributed by atoms with Crippen molar-refractivity contribution >= 4 is 17.5 Å². The van der Waals surface area contributed by atoms with E-state index >= 15 is 0 Å². The van der Waals surface area contributed by atoms with Gasteiger partial charge in [-0.3, -0.25) is 14.4 Å². The standard InChI is InChI=1S/C23H28N2O4/c1-4-5-17-10-15(2)21(16(3)11-17)22-18(26)12-23(13-19(22)27)6-8-25(9-7-23)20(28)14-24-29/h10-11,22,24,29H,6-9,12-14H2,1-3H3. The first-order valence-electron chi connectivity index (χ1n) is 10.0. The van der Waals surface area contributed by atoms with Crippen molar-refractivity contribution in [1.82, 2.24) is 10.4 Å². The quantitative estimate of drug-likeness (QED) is 0.465. The highest BCUT2D eigenvalue weighted by atomic mass is 16.5. The molecule has 1 aromatic rings. The molecule has 3 rings (SSSR count). The molecule has 6 nitrogen and oxygen atoms in total. The van der Waals surface area contributed by atoms with Gasteiger partial charge >= 0.3 is 0 Å². The van der Waals surface area contributed by atoms with Gasteiger partial charge in [0, 0.05) is 31.5 Å². The Kier molecular flexibility index (Phi) is 6.21. The Hall–Kier alpha value is -2.49. The van der Waals surface area contributed by atoms with Crippen LogP contribution in [0.1, 0.15) is 60.8 Å². The SMILES string of the molecule is CC#Cc1cc(C)c(C2C(=O)CC3(CCN(C(=O)CNO)CC3)CC2=O)c(C)c1. The number of aryl methyl sites for hydroxylation is 2. The molecule has 1 amide bonds. The van der Waals surface area contributed by atoms with Gasteiger partial charge in [-0.05, 0) is 67.9 Å². The molecule has 1 saturated carbocycles. The van der Waals surface area contributed by atoms with Crippen LogP contribution in [0.3, 0.4) is 0 Å². The number of amides is 1. The fourth-order valence-electron chi connectivity index (χ4n) is 4.92. The Morgan fingerprint density at radius 1 is 1.17 bits per heavy atom. The maximum Gasteiger partial charge on any atom is 0.238 e. The first-order valence-corrected chi connectivity index (χ1v) is 10.0. The van der Waals surface area contributed by atoms with Gasteiger partial charge in [-0.15, -0.1) is 5.92 Å². The van der Waals surface area contributed by atoms with Crippen molar-refractivity contribution in [3.8, 4) is 11.8 Å². The Morgan fingerprint density at radius 2 is 1.72 bits per heavy atom. The van der Waals surface area contributed by atoms with Crippen LogP contribution in [0.25, 0.3) is 0 Å². The van der Waals surface area contributed by atoms with E-state index in [1.54, 1.807) is 11.8 Å². The number of piperidine rings is 1. The minimum atomic E-state index is -0.692. The maximum absolute atomic E-state index is 13.1. The van der Waals surface area contributed by atoms with Crippen LogP contribution in [0, 0.1) is 31.1 Å². The molecular formula is C23H28N2O4. The van der Waals surface area contributed by atoms with Gasteiger partial charge in [0.2, 0.25) is 5.91 Å². The van der Waals surface area contributed by atoms with Gasteiger partial charge in [-0.2, -0.15) is 5.48 Å². The lowest BCUT2D eigenvalue weighted by molar-refractivity contribution is -0.140. The van der Waals surface area contributed by atoms with E-state index in [2.05, 4.69) is 11.8 Å². The van der Waals surface area contributed by atoms with E-state index in [9.17, 15) is 14.4 Å². The average molecular weight is 396 g/mol. The number of hydrogen-bond acceptors (Lipinski definition) is 5. The molecule has 0 radical (unpaired) electrons. The second-order valence-corrected chi connectivity index (χ2v) is 8.33. The maximum atomic E-state index is 13.1. The van der Waals surface area contributed by atoms with E-state index in [0.717, 1.165) is 22.3 Å². The van der Waals surface area contributed by atoms with E-state index < -0.39 is 5.92 Å². The summed E-state index contributed by atoms with van der Waals surface area (Å²) in [5, 5.41) is 8.71. The number of likely N-dealkylation sites (tertiary alicyclic amines) is 1. The number of benzene rings is 1. The number of carbonyl (C=O) groups is 3. The van der Waals surface area contributed by atoms with Crippen molar-refractivity contribution in [3.05, 3.63) is 34.4 Å². The molecule has 29 heavy (non-hydrogen) atoms. The van der Waals surface area contributed by atoms with Crippen LogP contribution >= 0.6 is 0 Å². The van der Waals surface area contributed by atoms with Gasteiger partial charge in [-0.1, -0.05) is 5.92 Å². The number of nitrogens with one attached hydrogen (secondary N) is 1. The minimum Gasteiger partial charge on any atom is -0.341 e. The number of nitrogens with zero attached hydrogens (tertiary/aromatic N) is 1. The van der Waals surface area contributed by atoms with E-state index in [0.29, 0.717) is 38.8 Å². The Balaban J connectivity index is 1.78. The van der Waals surface area contributed by atoms with Gasteiger partial charge in [0.25, 0.3) is 0 Å². The fraction of sp³-hybridized carbons (Fsp3) is 0.522. The second-order valence-electron chi connectivity index (χ2n) is 8.33. The molecule has 2 aliphatic rings. The van der Waals surface area contributed by atoms with Crippen molar-refractivity contribution in [1.29, 1.82) is 0 Å². The van der Waals surface area contributed by atoms with Crippen molar-refractivity contribution < 1.29 is 19.6 Å². The monoisotopic (exact) mass is 396 g/mol. The van der Waals surface area contributed by atoms with E-state index in [1.807, 2.05) is 31.5 Å². The number of carbonyl (C=O) groups excluding carboxylic acids is 3. The van der Waals surface area contributed by atoms with Crippen LogP contribution < -0.4 is 5.48 Å². The molecule has 6 heteroatoms. The summed E-state index contributed by atoms with van der Waals surface area (Å²) in [7, 11) is 0. The summed E-state index contributed by atoms with van der Waals surface area (Å²) in [5.74, 6) is 5.03. The Labute approximate surface area is 171 Å². The van der Waals surface area contributed by atoms with Gasteiger partial charge in [0.1, 0.15) is 17.5 Å². The zero-order chi connectivity index (χ0) is 21.2. The van der Waals surface area contributed by atoms with Crippen molar-refractivity contribution in [2.45, 2.75) is 52.4 Å². The third-order valence-corrected chi connectivity index (χ3v) is 6.30. The minimum absolute atomic E-state index is 0.0152. The lowest BCUT2D eigenvalue weighted by Crippen LogP contribution is -2.49. The molecular weight excluding hydrogens is 368 g/mol. The lowest BCUT2D eigenvalue weighted by atomic mass is 9.62.